The number of rotatable bonds is 34. The van der Waals surface area contributed by atoms with Crippen molar-refractivity contribution in [2.24, 2.45) is 0 Å². The molecule has 1 atom stereocenters. The second-order valence-corrected chi connectivity index (χ2v) is 13.6. The van der Waals surface area contributed by atoms with Gasteiger partial charge in [0.2, 0.25) is 0 Å². The maximum atomic E-state index is 12.2. The molecule has 0 saturated heterocycles. The van der Waals surface area contributed by atoms with Gasteiger partial charge in [-0.15, -0.1) is 0 Å². The summed E-state index contributed by atoms with van der Waals surface area (Å²) in [7, 11) is -3.91. The summed E-state index contributed by atoms with van der Waals surface area (Å²) in [6, 6.07) is 0. The summed E-state index contributed by atoms with van der Waals surface area (Å²) in [6.45, 7) is 10.8. The van der Waals surface area contributed by atoms with Gasteiger partial charge in [0.05, 0.1) is 13.2 Å². The molecule has 1 N–H and O–H groups in total. The number of unbranched alkanes of at least 4 members (excludes halogenated alkanes) is 22. The van der Waals surface area contributed by atoms with E-state index in [4.69, 9.17) is 9.05 Å². The van der Waals surface area contributed by atoms with E-state index in [2.05, 4.69) is 25.7 Å². The molecule has 0 aromatic carbocycles. The van der Waals surface area contributed by atoms with Crippen LogP contribution in [0.1, 0.15) is 188 Å². The normalized spacial score (nSPS) is 13.3. The molecule has 0 rings (SSSR count). The Balaban J connectivity index is 4.04. The highest BCUT2D eigenvalue weighted by Crippen LogP contribution is 2.43. The Morgan fingerprint density at radius 3 is 1.02 bits per heavy atom. The number of hydrogen-bond acceptors (Lipinski definition) is 4. The zero-order chi connectivity index (χ0) is 29.4. The molecule has 0 heterocycles. The molecular formula is C34H72NO4P. The van der Waals surface area contributed by atoms with Crippen LogP contribution < -0.4 is 0 Å². The van der Waals surface area contributed by atoms with Gasteiger partial charge < -0.3 is 9.79 Å². The number of phosphoric ester groups is 1. The first-order chi connectivity index (χ1) is 19.6. The second kappa shape index (κ2) is 32.0. The summed E-state index contributed by atoms with van der Waals surface area (Å²) in [6.07, 6.45) is 33.1. The smallest absolute Gasteiger partial charge is 0.303 e. The van der Waals surface area contributed by atoms with E-state index in [1.165, 1.54) is 154 Å². The lowest BCUT2D eigenvalue weighted by Gasteiger charge is -2.22. The van der Waals surface area contributed by atoms with E-state index in [0.29, 0.717) is 13.2 Å². The van der Waals surface area contributed by atoms with Crippen molar-refractivity contribution in [1.82, 2.24) is 4.90 Å². The molecule has 0 aromatic heterocycles. The van der Waals surface area contributed by atoms with Crippen LogP contribution in [0.2, 0.25) is 0 Å². The average molecular weight is 590 g/mol. The highest BCUT2D eigenvalue weighted by Gasteiger charge is 2.20. The molecule has 0 saturated carbocycles. The summed E-state index contributed by atoms with van der Waals surface area (Å²) in [5, 5.41) is 0. The van der Waals surface area contributed by atoms with Gasteiger partial charge in [-0.2, -0.15) is 0 Å². The fraction of sp³-hybridized carbons (Fsp3) is 1.00. The van der Waals surface area contributed by atoms with Crippen LogP contribution in [0.15, 0.2) is 0 Å². The van der Waals surface area contributed by atoms with Gasteiger partial charge in [-0.3, -0.25) is 9.05 Å². The Hall–Kier alpha value is 0.0700. The molecule has 0 spiro atoms. The lowest BCUT2D eigenvalue weighted by atomic mass is 10.1. The standard InChI is InChI=1S/C34H72NO4P/c1-4-7-10-13-16-19-22-25-30-35(31-26-23-20-17-14-11-8-5-2)32-27-29-34-39-40(36,37)38-33-28-24-21-18-15-12-9-6-3/h4-34H2,1-3H3,(H,36,37). The third-order valence-electron chi connectivity index (χ3n) is 8.03. The quantitative estimate of drug-likeness (QED) is 0.0597. The first-order valence-electron chi connectivity index (χ1n) is 17.9. The minimum Gasteiger partial charge on any atom is -0.303 e. The van der Waals surface area contributed by atoms with Gasteiger partial charge in [0.1, 0.15) is 0 Å². The van der Waals surface area contributed by atoms with E-state index >= 15 is 0 Å². The zero-order valence-electron chi connectivity index (χ0n) is 27.5. The Labute approximate surface area is 251 Å². The van der Waals surface area contributed by atoms with Crippen molar-refractivity contribution in [2.45, 2.75) is 188 Å². The van der Waals surface area contributed by atoms with Crippen molar-refractivity contribution < 1.29 is 18.5 Å². The first kappa shape index (κ1) is 40.1. The van der Waals surface area contributed by atoms with Crippen LogP contribution in [0.5, 0.6) is 0 Å². The molecule has 0 bridgehead atoms. The van der Waals surface area contributed by atoms with Gasteiger partial charge in [0, 0.05) is 0 Å². The van der Waals surface area contributed by atoms with E-state index in [1.807, 2.05) is 0 Å². The third kappa shape index (κ3) is 31.0. The van der Waals surface area contributed by atoms with Crippen molar-refractivity contribution in [3.8, 4) is 0 Å². The van der Waals surface area contributed by atoms with E-state index < -0.39 is 7.82 Å². The molecule has 5 nitrogen and oxygen atoms in total. The topological polar surface area (TPSA) is 59.0 Å². The van der Waals surface area contributed by atoms with Crippen LogP contribution in [-0.2, 0) is 13.6 Å². The van der Waals surface area contributed by atoms with Crippen molar-refractivity contribution in [1.29, 1.82) is 0 Å². The second-order valence-electron chi connectivity index (χ2n) is 12.1. The highest BCUT2D eigenvalue weighted by molar-refractivity contribution is 7.47. The van der Waals surface area contributed by atoms with Crippen molar-refractivity contribution >= 4 is 7.82 Å². The van der Waals surface area contributed by atoms with Gasteiger partial charge in [0.25, 0.3) is 0 Å². The summed E-state index contributed by atoms with van der Waals surface area (Å²) in [4.78, 5) is 12.6. The van der Waals surface area contributed by atoms with Gasteiger partial charge in [-0.1, -0.05) is 156 Å². The van der Waals surface area contributed by atoms with Crippen molar-refractivity contribution in [3.63, 3.8) is 0 Å². The SMILES string of the molecule is CCCCCCCCCCOP(=O)(O)OCCCCN(CCCCCCCCCC)CCCCCCCCCC. The summed E-state index contributed by atoms with van der Waals surface area (Å²) in [5.41, 5.74) is 0. The third-order valence-corrected chi connectivity index (χ3v) is 9.05. The summed E-state index contributed by atoms with van der Waals surface area (Å²) >= 11 is 0. The molecule has 0 aliphatic carbocycles. The van der Waals surface area contributed by atoms with E-state index in [-0.39, 0.29) is 0 Å². The van der Waals surface area contributed by atoms with Gasteiger partial charge in [0.15, 0.2) is 0 Å². The number of nitrogens with zero attached hydrogens (tertiary/aromatic N) is 1. The largest absolute Gasteiger partial charge is 0.472 e. The van der Waals surface area contributed by atoms with Gasteiger partial charge >= 0.3 is 7.82 Å². The molecule has 1 unspecified atom stereocenters. The lowest BCUT2D eigenvalue weighted by Crippen LogP contribution is -2.27. The highest BCUT2D eigenvalue weighted by atomic mass is 31.2. The summed E-state index contributed by atoms with van der Waals surface area (Å²) in [5.74, 6) is 0. The van der Waals surface area contributed by atoms with Crippen LogP contribution in [-0.4, -0.2) is 42.6 Å². The van der Waals surface area contributed by atoms with Crippen LogP contribution in [0.3, 0.4) is 0 Å². The van der Waals surface area contributed by atoms with E-state index in [9.17, 15) is 9.46 Å². The maximum Gasteiger partial charge on any atom is 0.472 e. The maximum absolute atomic E-state index is 12.2. The molecule has 6 heteroatoms. The Morgan fingerprint density at radius 2 is 0.675 bits per heavy atom. The molecule has 40 heavy (non-hydrogen) atoms. The van der Waals surface area contributed by atoms with Crippen molar-refractivity contribution in [3.05, 3.63) is 0 Å². The fourth-order valence-electron chi connectivity index (χ4n) is 5.34. The van der Waals surface area contributed by atoms with Crippen LogP contribution in [0.25, 0.3) is 0 Å². The summed E-state index contributed by atoms with van der Waals surface area (Å²) < 4.78 is 22.6. The molecule has 0 radical (unpaired) electrons. The molecule has 0 aliphatic rings. The fourth-order valence-corrected chi connectivity index (χ4v) is 6.14. The lowest BCUT2D eigenvalue weighted by molar-refractivity contribution is 0.143. The van der Waals surface area contributed by atoms with E-state index in [1.54, 1.807) is 0 Å². The van der Waals surface area contributed by atoms with Crippen molar-refractivity contribution in [2.75, 3.05) is 32.8 Å². The monoisotopic (exact) mass is 590 g/mol. The number of phosphoric acid groups is 1. The Kier molecular flexibility index (Phi) is 32.0. The Bertz CT molecular complexity index is 514. The predicted octanol–water partition coefficient (Wildman–Crippen LogP) is 11.6. The first-order valence-corrected chi connectivity index (χ1v) is 19.4. The molecule has 0 aromatic rings. The minimum absolute atomic E-state index is 0.300. The molecule has 0 aliphatic heterocycles. The number of hydrogen-bond donors (Lipinski definition) is 1. The molecule has 242 valence electrons. The van der Waals surface area contributed by atoms with Crippen LogP contribution in [0.4, 0.5) is 0 Å². The van der Waals surface area contributed by atoms with Crippen LogP contribution >= 0.6 is 7.82 Å². The predicted molar refractivity (Wildman–Crippen MR) is 175 cm³/mol. The molecule has 0 fully saturated rings. The Morgan fingerprint density at radius 1 is 0.425 bits per heavy atom. The minimum atomic E-state index is -3.91. The zero-order valence-corrected chi connectivity index (χ0v) is 28.4. The molecular weight excluding hydrogens is 517 g/mol. The molecule has 0 amide bonds. The average Bonchev–Trinajstić information content (AvgIpc) is 2.94. The van der Waals surface area contributed by atoms with E-state index in [0.717, 1.165) is 32.2 Å². The van der Waals surface area contributed by atoms with Crippen LogP contribution in [0, 0.1) is 0 Å². The van der Waals surface area contributed by atoms with Gasteiger partial charge in [-0.05, 0) is 51.7 Å². The van der Waals surface area contributed by atoms with Gasteiger partial charge in [-0.25, -0.2) is 4.57 Å².